The third-order valence-corrected chi connectivity index (χ3v) is 3.01. The van der Waals surface area contributed by atoms with Crippen molar-refractivity contribution >= 4 is 0 Å². The van der Waals surface area contributed by atoms with Gasteiger partial charge in [0.15, 0.2) is 0 Å². The molecule has 0 nitrogen and oxygen atoms in total. The van der Waals surface area contributed by atoms with Gasteiger partial charge in [-0.15, -0.1) is 6.58 Å². The van der Waals surface area contributed by atoms with Crippen LogP contribution in [0, 0.1) is 10.8 Å². The molecule has 1 rings (SSSR count). The van der Waals surface area contributed by atoms with Crippen LogP contribution in [-0.4, -0.2) is 0 Å². The first kappa shape index (κ1) is 8.83. The summed E-state index contributed by atoms with van der Waals surface area (Å²) in [5, 5.41) is 0. The largest absolute Gasteiger partial charge is 0.103 e. The minimum atomic E-state index is 0.462. The zero-order chi connectivity index (χ0) is 8.54. The fourth-order valence-corrected chi connectivity index (χ4v) is 2.82. The van der Waals surface area contributed by atoms with Crippen LogP contribution in [0.3, 0.4) is 0 Å². The van der Waals surface area contributed by atoms with Gasteiger partial charge in [-0.2, -0.15) is 0 Å². The lowest BCUT2D eigenvalue weighted by atomic mass is 9.53. The van der Waals surface area contributed by atoms with Crippen molar-refractivity contribution in [3.63, 3.8) is 0 Å². The maximum Gasteiger partial charge on any atom is -0.0139 e. The van der Waals surface area contributed by atoms with E-state index in [2.05, 4.69) is 33.4 Å². The van der Waals surface area contributed by atoms with Gasteiger partial charge in [-0.3, -0.25) is 0 Å². The lowest BCUT2D eigenvalue weighted by molar-refractivity contribution is 0.0188. The van der Waals surface area contributed by atoms with Crippen LogP contribution in [0.4, 0.5) is 0 Å². The van der Waals surface area contributed by atoms with Crippen LogP contribution in [0.2, 0.25) is 0 Å². The van der Waals surface area contributed by atoms with Crippen molar-refractivity contribution in [1.29, 1.82) is 0 Å². The van der Waals surface area contributed by atoms with Gasteiger partial charge in [0.25, 0.3) is 0 Å². The molecule has 1 saturated carbocycles. The van der Waals surface area contributed by atoms with Crippen molar-refractivity contribution in [2.24, 2.45) is 10.8 Å². The molecule has 0 aromatic rings. The van der Waals surface area contributed by atoms with E-state index in [9.17, 15) is 0 Å². The summed E-state index contributed by atoms with van der Waals surface area (Å²) >= 11 is 0. The molecule has 0 bridgehead atoms. The molecular formula is C11H20. The third kappa shape index (κ3) is 1.66. The van der Waals surface area contributed by atoms with Gasteiger partial charge in [-0.05, 0) is 30.1 Å². The fourth-order valence-electron chi connectivity index (χ4n) is 2.82. The van der Waals surface area contributed by atoms with Gasteiger partial charge in [-0.1, -0.05) is 33.3 Å². The fraction of sp³-hybridized carbons (Fsp3) is 0.818. The first-order valence-electron chi connectivity index (χ1n) is 4.67. The van der Waals surface area contributed by atoms with Crippen LogP contribution in [0.25, 0.3) is 0 Å². The second-order valence-electron chi connectivity index (χ2n) is 4.77. The summed E-state index contributed by atoms with van der Waals surface area (Å²) in [4.78, 5) is 0. The molecule has 0 aromatic heterocycles. The molecular weight excluding hydrogens is 132 g/mol. The molecule has 0 N–H and O–H groups in total. The molecule has 1 aliphatic rings. The molecule has 1 aliphatic carbocycles. The zero-order valence-corrected chi connectivity index (χ0v) is 8.11. The smallest absolute Gasteiger partial charge is 0.0139 e. The Balaban J connectivity index is 2.42. The number of hydrogen-bond acceptors (Lipinski definition) is 0. The third-order valence-electron chi connectivity index (χ3n) is 3.01. The summed E-state index contributed by atoms with van der Waals surface area (Å²) < 4.78 is 0. The molecule has 1 fully saturated rings. The highest BCUT2D eigenvalue weighted by atomic mass is 14.5. The van der Waals surface area contributed by atoms with E-state index in [0.717, 1.165) is 0 Å². The standard InChI is InChI=1S/C11H20/c1-5-7-11(4)8-10(3,6-2)9-11/h6H,2,5,7-9H2,1,3-4H3. The van der Waals surface area contributed by atoms with Gasteiger partial charge >= 0.3 is 0 Å². The van der Waals surface area contributed by atoms with Crippen molar-refractivity contribution in [2.75, 3.05) is 0 Å². The highest BCUT2D eigenvalue weighted by Gasteiger charge is 2.45. The predicted molar refractivity (Wildman–Crippen MR) is 50.6 cm³/mol. The summed E-state index contributed by atoms with van der Waals surface area (Å²) in [6, 6.07) is 0. The highest BCUT2D eigenvalue weighted by Crippen LogP contribution is 2.56. The minimum absolute atomic E-state index is 0.462. The zero-order valence-electron chi connectivity index (χ0n) is 8.11. The van der Waals surface area contributed by atoms with Crippen molar-refractivity contribution < 1.29 is 0 Å². The molecule has 0 amide bonds. The van der Waals surface area contributed by atoms with Crippen molar-refractivity contribution in [3.05, 3.63) is 12.7 Å². The Hall–Kier alpha value is -0.260. The Morgan fingerprint density at radius 3 is 2.27 bits per heavy atom. The first-order valence-corrected chi connectivity index (χ1v) is 4.67. The Labute approximate surface area is 70.7 Å². The molecule has 0 atom stereocenters. The van der Waals surface area contributed by atoms with Crippen LogP contribution < -0.4 is 0 Å². The molecule has 64 valence electrons. The van der Waals surface area contributed by atoms with Crippen LogP contribution in [0.1, 0.15) is 46.5 Å². The highest BCUT2D eigenvalue weighted by molar-refractivity contribution is 5.06. The summed E-state index contributed by atoms with van der Waals surface area (Å²) in [6.45, 7) is 10.9. The monoisotopic (exact) mass is 152 g/mol. The molecule has 0 saturated heterocycles. The molecule has 0 heteroatoms. The van der Waals surface area contributed by atoms with Crippen molar-refractivity contribution in [3.8, 4) is 0 Å². The average Bonchev–Trinajstić information content (AvgIpc) is 1.85. The summed E-state index contributed by atoms with van der Waals surface area (Å²) in [5.41, 5.74) is 1.10. The van der Waals surface area contributed by atoms with Gasteiger partial charge in [-0.25, -0.2) is 0 Å². The first-order chi connectivity index (χ1) is 5.04. The van der Waals surface area contributed by atoms with Gasteiger partial charge < -0.3 is 0 Å². The molecule has 0 heterocycles. The second kappa shape index (κ2) is 2.66. The van der Waals surface area contributed by atoms with Crippen molar-refractivity contribution in [1.82, 2.24) is 0 Å². The van der Waals surface area contributed by atoms with Gasteiger partial charge in [0, 0.05) is 0 Å². The number of rotatable bonds is 3. The van der Waals surface area contributed by atoms with E-state index in [0.29, 0.717) is 10.8 Å². The van der Waals surface area contributed by atoms with Crippen molar-refractivity contribution in [2.45, 2.75) is 46.5 Å². The van der Waals surface area contributed by atoms with Crippen LogP contribution >= 0.6 is 0 Å². The topological polar surface area (TPSA) is 0 Å². The lowest BCUT2D eigenvalue weighted by Crippen LogP contribution is -2.41. The molecule has 0 spiro atoms. The Kier molecular flexibility index (Phi) is 2.13. The molecule has 11 heavy (non-hydrogen) atoms. The summed E-state index contributed by atoms with van der Waals surface area (Å²) in [7, 11) is 0. The van der Waals surface area contributed by atoms with E-state index >= 15 is 0 Å². The number of hydrogen-bond donors (Lipinski definition) is 0. The number of allylic oxidation sites excluding steroid dienone is 1. The predicted octanol–water partition coefficient (Wildman–Crippen LogP) is 3.78. The van der Waals surface area contributed by atoms with Gasteiger partial charge in [0.05, 0.1) is 0 Å². The quantitative estimate of drug-likeness (QED) is 0.540. The van der Waals surface area contributed by atoms with E-state index in [1.165, 1.54) is 25.7 Å². The van der Waals surface area contributed by atoms with Gasteiger partial charge in [0.2, 0.25) is 0 Å². The SMILES string of the molecule is C=CC1(C)CC(C)(CCC)C1. The van der Waals surface area contributed by atoms with E-state index in [4.69, 9.17) is 0 Å². The average molecular weight is 152 g/mol. The van der Waals surface area contributed by atoms with Crippen LogP contribution in [0.5, 0.6) is 0 Å². The van der Waals surface area contributed by atoms with Gasteiger partial charge in [0.1, 0.15) is 0 Å². The lowest BCUT2D eigenvalue weighted by Gasteiger charge is -2.52. The minimum Gasteiger partial charge on any atom is -0.103 e. The molecule has 0 unspecified atom stereocenters. The summed E-state index contributed by atoms with van der Waals surface area (Å²) in [5.74, 6) is 0. The van der Waals surface area contributed by atoms with E-state index in [1.807, 2.05) is 0 Å². The Morgan fingerprint density at radius 2 is 1.91 bits per heavy atom. The second-order valence-corrected chi connectivity index (χ2v) is 4.77. The molecule has 0 aromatic carbocycles. The summed E-state index contributed by atoms with van der Waals surface area (Å²) in [6.07, 6.45) is 7.53. The van der Waals surface area contributed by atoms with E-state index in [1.54, 1.807) is 0 Å². The molecule has 0 aliphatic heterocycles. The van der Waals surface area contributed by atoms with Crippen LogP contribution in [0.15, 0.2) is 12.7 Å². The Morgan fingerprint density at radius 1 is 1.36 bits per heavy atom. The Bertz CT molecular complexity index is 149. The maximum atomic E-state index is 3.88. The van der Waals surface area contributed by atoms with E-state index in [-0.39, 0.29) is 0 Å². The normalized spacial score (nSPS) is 43.2. The maximum absolute atomic E-state index is 3.88. The molecule has 0 radical (unpaired) electrons. The van der Waals surface area contributed by atoms with Crippen LogP contribution in [-0.2, 0) is 0 Å². The van der Waals surface area contributed by atoms with E-state index < -0.39 is 0 Å².